The minimum absolute atomic E-state index is 0.469. The number of hydrogen-bond donors (Lipinski definition) is 1. The van der Waals surface area contributed by atoms with E-state index in [1.54, 1.807) is 0 Å². The number of fused-ring (bicyclic) bond motifs is 2. The first-order chi connectivity index (χ1) is 9.38. The Morgan fingerprint density at radius 1 is 1.05 bits per heavy atom. The summed E-state index contributed by atoms with van der Waals surface area (Å²) in [5.74, 6) is 1.98. The number of benzene rings is 2. The van der Waals surface area contributed by atoms with Crippen LogP contribution < -0.4 is 10.1 Å². The Morgan fingerprint density at radius 2 is 1.79 bits per heavy atom. The van der Waals surface area contributed by atoms with Crippen molar-refractivity contribution in [3.63, 3.8) is 0 Å². The van der Waals surface area contributed by atoms with E-state index in [1.165, 1.54) is 10.5 Å². The summed E-state index contributed by atoms with van der Waals surface area (Å²) in [6, 6.07) is 16.7. The van der Waals surface area contributed by atoms with Gasteiger partial charge in [0, 0.05) is 17.2 Å². The van der Waals surface area contributed by atoms with Gasteiger partial charge in [0.2, 0.25) is 0 Å². The number of rotatable bonds is 3. The zero-order valence-electron chi connectivity index (χ0n) is 11.0. The number of quaternary nitrogens is 1. The number of nitrogens with two attached hydrogens (primary N) is 1. The fraction of sp³-hybridized carbons (Fsp3) is 0.250. The minimum Gasteiger partial charge on any atom is -0.456 e. The number of thioether (sulfide) groups is 1. The zero-order chi connectivity index (χ0) is 13.1. The molecule has 1 aliphatic rings. The lowest BCUT2D eigenvalue weighted by Crippen LogP contribution is -2.79. The summed E-state index contributed by atoms with van der Waals surface area (Å²) >= 11 is 1.92. The molecule has 2 aromatic carbocycles. The quantitative estimate of drug-likeness (QED) is 0.928. The van der Waals surface area contributed by atoms with E-state index in [9.17, 15) is 0 Å². The second kappa shape index (κ2) is 5.68. The Hall–Kier alpha value is -1.45. The van der Waals surface area contributed by atoms with Crippen LogP contribution in [0.1, 0.15) is 17.2 Å². The summed E-state index contributed by atoms with van der Waals surface area (Å²) in [6.07, 6.45) is 1.15. The second-order valence-corrected chi connectivity index (χ2v) is 5.92. The highest BCUT2D eigenvalue weighted by molar-refractivity contribution is 7.99. The molecule has 1 atom stereocenters. The summed E-state index contributed by atoms with van der Waals surface area (Å²) in [5, 5.41) is 2.71. The molecule has 2 nitrogen and oxygen atoms in total. The van der Waals surface area contributed by atoms with Gasteiger partial charge in [-0.2, -0.15) is 0 Å². The Kier molecular flexibility index (Phi) is 3.76. The fourth-order valence-electron chi connectivity index (χ4n) is 2.34. The maximum absolute atomic E-state index is 6.08. The largest absolute Gasteiger partial charge is 0.456 e. The topological polar surface area (TPSA) is 25.8 Å². The van der Waals surface area contributed by atoms with Gasteiger partial charge in [0.15, 0.2) is 0 Å². The van der Waals surface area contributed by atoms with Gasteiger partial charge in [0.05, 0.1) is 18.5 Å². The molecular formula is C16H18NOS+. The van der Waals surface area contributed by atoms with Crippen LogP contribution >= 0.6 is 11.8 Å². The van der Waals surface area contributed by atoms with Gasteiger partial charge in [-0.15, -0.1) is 11.8 Å². The molecule has 0 saturated carbocycles. The molecule has 0 spiro atoms. The molecule has 19 heavy (non-hydrogen) atoms. The Labute approximate surface area is 118 Å². The number of para-hydroxylation sites is 2. The summed E-state index contributed by atoms with van der Waals surface area (Å²) < 4.78 is 6.08. The standard InChI is InChI=1S/C16H17NOS/c1-17-11-10-15-12-6-2-3-7-13(12)18-14-8-4-5-9-16(14)19-15/h2-9,15,17H,10-11H2,1H3/p+1/t15-/m1/s1. The maximum atomic E-state index is 6.08. The van der Waals surface area contributed by atoms with Gasteiger partial charge < -0.3 is 10.1 Å². The molecule has 98 valence electrons. The third kappa shape index (κ3) is 2.62. The van der Waals surface area contributed by atoms with E-state index in [0.717, 1.165) is 24.5 Å². The van der Waals surface area contributed by atoms with Crippen molar-refractivity contribution in [2.45, 2.75) is 16.6 Å². The molecule has 0 bridgehead atoms. The molecule has 1 aliphatic heterocycles. The lowest BCUT2D eigenvalue weighted by atomic mass is 10.1. The van der Waals surface area contributed by atoms with Crippen LogP contribution in [0, 0.1) is 0 Å². The first-order valence-corrected chi connectivity index (χ1v) is 7.56. The van der Waals surface area contributed by atoms with Crippen molar-refractivity contribution in [3.05, 3.63) is 54.1 Å². The first-order valence-electron chi connectivity index (χ1n) is 6.69. The minimum atomic E-state index is 0.469. The van der Waals surface area contributed by atoms with Crippen LogP contribution in [0.5, 0.6) is 11.5 Å². The van der Waals surface area contributed by atoms with Gasteiger partial charge in [0.1, 0.15) is 11.5 Å². The van der Waals surface area contributed by atoms with Crippen LogP contribution in [0.15, 0.2) is 53.4 Å². The molecular weight excluding hydrogens is 254 g/mol. The molecule has 0 aliphatic carbocycles. The molecule has 0 amide bonds. The van der Waals surface area contributed by atoms with Crippen molar-refractivity contribution >= 4 is 11.8 Å². The van der Waals surface area contributed by atoms with Gasteiger partial charge in [-0.25, -0.2) is 0 Å². The van der Waals surface area contributed by atoms with Crippen molar-refractivity contribution in [1.29, 1.82) is 0 Å². The van der Waals surface area contributed by atoms with Crippen LogP contribution in [-0.4, -0.2) is 13.6 Å². The molecule has 0 fully saturated rings. The zero-order valence-corrected chi connectivity index (χ0v) is 11.8. The lowest BCUT2D eigenvalue weighted by molar-refractivity contribution is -0.627. The van der Waals surface area contributed by atoms with Gasteiger partial charge in [-0.05, 0) is 18.2 Å². The Bertz CT molecular complexity index is 570. The maximum Gasteiger partial charge on any atom is 0.141 e. The van der Waals surface area contributed by atoms with E-state index >= 15 is 0 Å². The van der Waals surface area contributed by atoms with Crippen LogP contribution in [0.2, 0.25) is 0 Å². The Morgan fingerprint density at radius 3 is 2.63 bits per heavy atom. The third-order valence-electron chi connectivity index (χ3n) is 3.32. The molecule has 3 rings (SSSR count). The average molecular weight is 272 g/mol. The highest BCUT2D eigenvalue weighted by Crippen LogP contribution is 2.49. The van der Waals surface area contributed by atoms with Crippen molar-refractivity contribution < 1.29 is 10.1 Å². The van der Waals surface area contributed by atoms with E-state index in [0.29, 0.717) is 5.25 Å². The monoisotopic (exact) mass is 272 g/mol. The molecule has 1 heterocycles. The van der Waals surface area contributed by atoms with Crippen LogP contribution in [0.3, 0.4) is 0 Å². The van der Waals surface area contributed by atoms with Crippen molar-refractivity contribution in [3.8, 4) is 11.5 Å². The molecule has 2 aromatic rings. The van der Waals surface area contributed by atoms with Gasteiger partial charge >= 0.3 is 0 Å². The van der Waals surface area contributed by atoms with E-state index in [1.807, 2.05) is 30.0 Å². The Balaban J connectivity index is 2.01. The predicted molar refractivity (Wildman–Crippen MR) is 78.9 cm³/mol. The number of hydrogen-bond acceptors (Lipinski definition) is 2. The number of ether oxygens (including phenoxy) is 1. The summed E-state index contributed by atoms with van der Waals surface area (Å²) in [6.45, 7) is 1.13. The molecule has 0 radical (unpaired) electrons. The molecule has 0 aromatic heterocycles. The van der Waals surface area contributed by atoms with E-state index in [2.05, 4.69) is 42.7 Å². The van der Waals surface area contributed by atoms with Crippen molar-refractivity contribution in [2.75, 3.05) is 13.6 Å². The lowest BCUT2D eigenvalue weighted by Gasteiger charge is -2.14. The predicted octanol–water partition coefficient (Wildman–Crippen LogP) is 3.21. The summed E-state index contributed by atoms with van der Waals surface area (Å²) in [7, 11) is 2.12. The molecule has 2 N–H and O–H groups in total. The first kappa shape index (κ1) is 12.6. The SMILES string of the molecule is C[NH2+]CC[C@H]1Sc2ccccc2Oc2ccccc21. The summed E-state index contributed by atoms with van der Waals surface area (Å²) in [4.78, 5) is 1.24. The van der Waals surface area contributed by atoms with Crippen LogP contribution in [0.25, 0.3) is 0 Å². The second-order valence-electron chi connectivity index (χ2n) is 4.68. The van der Waals surface area contributed by atoms with E-state index in [4.69, 9.17) is 4.74 Å². The molecule has 0 unspecified atom stereocenters. The van der Waals surface area contributed by atoms with Gasteiger partial charge in [-0.3, -0.25) is 0 Å². The van der Waals surface area contributed by atoms with Crippen molar-refractivity contribution in [1.82, 2.24) is 0 Å². The van der Waals surface area contributed by atoms with Crippen molar-refractivity contribution in [2.24, 2.45) is 0 Å². The highest BCUT2D eigenvalue weighted by Gasteiger charge is 2.23. The van der Waals surface area contributed by atoms with E-state index < -0.39 is 0 Å². The average Bonchev–Trinajstić information content (AvgIpc) is 2.61. The van der Waals surface area contributed by atoms with Gasteiger partial charge in [-0.1, -0.05) is 30.3 Å². The normalized spacial score (nSPS) is 17.0. The smallest absolute Gasteiger partial charge is 0.141 e. The van der Waals surface area contributed by atoms with Crippen LogP contribution in [0.4, 0.5) is 0 Å². The highest BCUT2D eigenvalue weighted by atomic mass is 32.2. The van der Waals surface area contributed by atoms with Gasteiger partial charge in [0.25, 0.3) is 0 Å². The summed E-state index contributed by atoms with van der Waals surface area (Å²) in [5.41, 5.74) is 1.31. The van der Waals surface area contributed by atoms with E-state index in [-0.39, 0.29) is 0 Å². The van der Waals surface area contributed by atoms with Crippen LogP contribution in [-0.2, 0) is 0 Å². The molecule has 0 saturated heterocycles. The third-order valence-corrected chi connectivity index (χ3v) is 4.69. The fourth-order valence-corrected chi connectivity index (χ4v) is 3.60. The molecule has 3 heteroatoms.